The Hall–Kier alpha value is -4.31. The van der Waals surface area contributed by atoms with Crippen LogP contribution in [-0.2, 0) is 25.7 Å². The number of primary amides is 1. The van der Waals surface area contributed by atoms with Crippen LogP contribution in [0.2, 0.25) is 0 Å². The molecule has 2 amide bonds. The van der Waals surface area contributed by atoms with Crippen molar-refractivity contribution >= 4 is 11.7 Å². The van der Waals surface area contributed by atoms with E-state index in [-0.39, 0.29) is 0 Å². The molecule has 7 nitrogen and oxygen atoms in total. The number of hydrogen-bond donors (Lipinski definition) is 2. The van der Waals surface area contributed by atoms with Crippen molar-refractivity contribution in [2.45, 2.75) is 53.4 Å². The van der Waals surface area contributed by atoms with Gasteiger partial charge in [-0.2, -0.15) is 18.3 Å². The van der Waals surface area contributed by atoms with E-state index in [1.165, 1.54) is 12.1 Å². The van der Waals surface area contributed by atoms with Crippen molar-refractivity contribution < 1.29 is 22.7 Å². The fraction of sp³-hybridized carbons (Fsp3) is 0.333. The Morgan fingerprint density at radius 1 is 1.07 bits per heavy atom. The van der Waals surface area contributed by atoms with Gasteiger partial charge in [-0.15, -0.1) is 0 Å². The van der Waals surface area contributed by atoms with Gasteiger partial charge in [0, 0.05) is 42.9 Å². The minimum Gasteiger partial charge on any atom is -0.491 e. The number of aryl methyl sites for hydroxylation is 2. The second-order valence-electron chi connectivity index (χ2n) is 11.5. The van der Waals surface area contributed by atoms with Crippen LogP contribution in [0.1, 0.15) is 47.4 Å². The van der Waals surface area contributed by atoms with Gasteiger partial charge in [0.05, 0.1) is 23.6 Å². The molecule has 0 radical (unpaired) electrons. The van der Waals surface area contributed by atoms with Gasteiger partial charge in [0.2, 0.25) is 0 Å². The van der Waals surface area contributed by atoms with Crippen molar-refractivity contribution in [2.75, 3.05) is 18.5 Å². The quantitative estimate of drug-likeness (QED) is 0.226. The Kier molecular flexibility index (Phi) is 8.50. The Morgan fingerprint density at radius 2 is 1.81 bits per heavy atom. The van der Waals surface area contributed by atoms with E-state index in [0.29, 0.717) is 49.8 Å². The van der Waals surface area contributed by atoms with E-state index in [1.807, 2.05) is 48.9 Å². The topological polar surface area (TPSA) is 85.4 Å². The highest BCUT2D eigenvalue weighted by Gasteiger charge is 2.32. The number of carbonyl (C=O) groups excluding carboxylic acids is 1. The summed E-state index contributed by atoms with van der Waals surface area (Å²) in [6.07, 6.45) is -3.76. The predicted molar refractivity (Wildman–Crippen MR) is 161 cm³/mol. The first kappa shape index (κ1) is 30.2. The van der Waals surface area contributed by atoms with Crippen LogP contribution < -0.4 is 15.8 Å². The zero-order chi connectivity index (χ0) is 30.9. The molecule has 0 saturated heterocycles. The van der Waals surface area contributed by atoms with E-state index in [4.69, 9.17) is 15.6 Å². The Balaban J connectivity index is 1.58. The van der Waals surface area contributed by atoms with Crippen LogP contribution in [-0.4, -0.2) is 33.9 Å². The lowest BCUT2D eigenvalue weighted by molar-refractivity contribution is -0.137. The number of anilines is 1. The highest BCUT2D eigenvalue weighted by atomic mass is 19.4. The smallest absolute Gasteiger partial charge is 0.416 e. The van der Waals surface area contributed by atoms with Crippen molar-refractivity contribution in [1.29, 1.82) is 0 Å². The largest absolute Gasteiger partial charge is 0.491 e. The van der Waals surface area contributed by atoms with Crippen LogP contribution in [0.3, 0.4) is 0 Å². The summed E-state index contributed by atoms with van der Waals surface area (Å²) in [7, 11) is 0. The summed E-state index contributed by atoms with van der Waals surface area (Å²) in [6, 6.07) is 16.6. The molecule has 226 valence electrons. The number of alkyl halides is 3. The minimum absolute atomic E-state index is 0.330. The molecule has 0 unspecified atom stereocenters. The molecule has 0 bridgehead atoms. The molecule has 0 aliphatic carbocycles. The van der Waals surface area contributed by atoms with E-state index in [0.717, 1.165) is 51.1 Å². The first-order valence-electron chi connectivity index (χ1n) is 14.3. The van der Waals surface area contributed by atoms with Gasteiger partial charge in [-0.25, -0.2) is 9.48 Å². The number of hydrogen-bond acceptors (Lipinski definition) is 4. The molecule has 43 heavy (non-hydrogen) atoms. The second kappa shape index (κ2) is 12.1. The number of amides is 2. The predicted octanol–water partition coefficient (Wildman–Crippen LogP) is 7.26. The van der Waals surface area contributed by atoms with Gasteiger partial charge in [-0.3, -0.25) is 4.90 Å². The number of ether oxygens (including phenoxy) is 1. The van der Waals surface area contributed by atoms with Crippen molar-refractivity contribution in [3.63, 3.8) is 0 Å². The summed E-state index contributed by atoms with van der Waals surface area (Å²) in [4.78, 5) is 13.6. The number of urea groups is 1. The molecular formula is C33H36F3N5O2. The number of carbonyl (C=O) groups is 1. The summed E-state index contributed by atoms with van der Waals surface area (Å²) < 4.78 is 48.6. The van der Waals surface area contributed by atoms with E-state index in [9.17, 15) is 18.0 Å². The van der Waals surface area contributed by atoms with Gasteiger partial charge in [-0.05, 0) is 66.8 Å². The molecule has 0 fully saturated rings. The van der Waals surface area contributed by atoms with Gasteiger partial charge >= 0.3 is 12.2 Å². The molecule has 0 saturated carbocycles. The molecule has 3 aromatic carbocycles. The zero-order valence-electron chi connectivity index (χ0n) is 24.8. The average Bonchev–Trinajstić information content (AvgIpc) is 3.30. The Morgan fingerprint density at radius 3 is 2.49 bits per heavy atom. The molecule has 0 atom stereocenters. The average molecular weight is 592 g/mol. The minimum atomic E-state index is -4.40. The maximum Gasteiger partial charge on any atom is 0.416 e. The molecule has 2 heterocycles. The zero-order valence-corrected chi connectivity index (χ0v) is 24.8. The fourth-order valence-corrected chi connectivity index (χ4v) is 5.41. The van der Waals surface area contributed by atoms with Crippen molar-refractivity contribution in [3.8, 4) is 22.7 Å². The van der Waals surface area contributed by atoms with Gasteiger partial charge in [0.15, 0.2) is 0 Å². The highest BCUT2D eigenvalue weighted by Crippen LogP contribution is 2.38. The molecule has 5 rings (SSSR count). The number of rotatable bonds is 8. The van der Waals surface area contributed by atoms with Crippen LogP contribution in [0.15, 0.2) is 60.7 Å². The molecule has 1 aromatic heterocycles. The monoisotopic (exact) mass is 591 g/mol. The lowest BCUT2D eigenvalue weighted by atomic mass is 9.98. The summed E-state index contributed by atoms with van der Waals surface area (Å²) in [5, 5.41) is 7.69. The van der Waals surface area contributed by atoms with Crippen LogP contribution >= 0.6 is 0 Å². The number of halogens is 3. The van der Waals surface area contributed by atoms with Crippen molar-refractivity contribution in [2.24, 2.45) is 11.7 Å². The van der Waals surface area contributed by atoms with Crippen LogP contribution in [0, 0.1) is 19.8 Å². The molecule has 3 N–H and O–H groups in total. The highest BCUT2D eigenvalue weighted by molar-refractivity contribution is 5.88. The summed E-state index contributed by atoms with van der Waals surface area (Å²) in [6.45, 7) is 10.1. The number of nitrogens with zero attached hydrogens (tertiary/aromatic N) is 3. The van der Waals surface area contributed by atoms with Crippen LogP contribution in [0.4, 0.5) is 23.7 Å². The van der Waals surface area contributed by atoms with Crippen molar-refractivity contribution in [3.05, 3.63) is 94.2 Å². The van der Waals surface area contributed by atoms with Crippen LogP contribution in [0.25, 0.3) is 16.9 Å². The lowest BCUT2D eigenvalue weighted by Gasteiger charge is -2.28. The number of nitrogens with two attached hydrogens (primary N) is 1. The van der Waals surface area contributed by atoms with Gasteiger partial charge in [-0.1, -0.05) is 44.2 Å². The van der Waals surface area contributed by atoms with E-state index < -0.39 is 17.8 Å². The molecular weight excluding hydrogens is 555 g/mol. The number of aromatic nitrogens is 2. The summed E-state index contributed by atoms with van der Waals surface area (Å²) in [5.74, 6) is 1.05. The van der Waals surface area contributed by atoms with Gasteiger partial charge < -0.3 is 15.8 Å². The third kappa shape index (κ3) is 6.69. The first-order valence-corrected chi connectivity index (χ1v) is 14.3. The summed E-state index contributed by atoms with van der Waals surface area (Å²) in [5.41, 5.74) is 12.2. The molecule has 4 aromatic rings. The standard InChI is InChI=1S/C33H36F3N5O2/c1-20(2)19-43-29-7-5-6-22(4)30(29)41-31(23-9-12-26(13-10-23)38-32(37)42)27-18-40(15-14-28(27)39-41)17-24-16-25(33(34,35)36)11-8-21(24)3/h5-13,16,20H,14-15,17-19H2,1-4H3,(H3,37,38,42). The molecule has 0 spiro atoms. The third-order valence-corrected chi connectivity index (χ3v) is 7.59. The Labute approximate surface area is 249 Å². The van der Waals surface area contributed by atoms with E-state index >= 15 is 0 Å². The summed E-state index contributed by atoms with van der Waals surface area (Å²) >= 11 is 0. The molecule has 1 aliphatic rings. The second-order valence-corrected chi connectivity index (χ2v) is 11.5. The van der Waals surface area contributed by atoms with Crippen LogP contribution in [0.5, 0.6) is 5.75 Å². The molecule has 1 aliphatic heterocycles. The maximum atomic E-state index is 13.5. The fourth-order valence-electron chi connectivity index (χ4n) is 5.41. The lowest BCUT2D eigenvalue weighted by Crippen LogP contribution is -2.30. The van der Waals surface area contributed by atoms with E-state index in [1.54, 1.807) is 12.1 Å². The van der Waals surface area contributed by atoms with Gasteiger partial charge in [0.25, 0.3) is 0 Å². The van der Waals surface area contributed by atoms with Gasteiger partial charge in [0.1, 0.15) is 11.4 Å². The third-order valence-electron chi connectivity index (χ3n) is 7.59. The van der Waals surface area contributed by atoms with Crippen molar-refractivity contribution in [1.82, 2.24) is 14.7 Å². The normalized spacial score (nSPS) is 13.7. The first-order chi connectivity index (χ1) is 20.4. The SMILES string of the molecule is Cc1ccc(C(F)(F)F)cc1CN1CCc2nn(-c3c(C)cccc3OCC(C)C)c(-c3ccc(NC(N)=O)cc3)c2C1. The van der Waals surface area contributed by atoms with E-state index in [2.05, 4.69) is 24.1 Å². The number of benzene rings is 3. The maximum absolute atomic E-state index is 13.5. The molecule has 10 heteroatoms. The number of fused-ring (bicyclic) bond motifs is 1. The number of para-hydroxylation sites is 1. The Bertz CT molecular complexity index is 1630. The number of nitrogens with one attached hydrogen (secondary N) is 1.